The summed E-state index contributed by atoms with van der Waals surface area (Å²) in [6, 6.07) is -0.127. The molecule has 1 aliphatic heterocycles. The maximum absolute atomic E-state index is 12.1. The third kappa shape index (κ3) is 3.81. The molecule has 0 radical (unpaired) electrons. The quantitative estimate of drug-likeness (QED) is 0.677. The van der Waals surface area contributed by atoms with E-state index in [0.29, 0.717) is 12.5 Å². The molecule has 92 valence electrons. The van der Waals surface area contributed by atoms with Crippen LogP contribution < -0.4 is 11.1 Å². The third-order valence-electron chi connectivity index (χ3n) is 2.60. The summed E-state index contributed by atoms with van der Waals surface area (Å²) in [5, 5.41) is 3.14. The van der Waals surface area contributed by atoms with Gasteiger partial charge in [-0.3, -0.25) is 9.59 Å². The van der Waals surface area contributed by atoms with Gasteiger partial charge >= 0.3 is 0 Å². The van der Waals surface area contributed by atoms with Crippen LogP contribution in [0.5, 0.6) is 0 Å². The lowest BCUT2D eigenvalue weighted by Crippen LogP contribution is -2.48. The van der Waals surface area contributed by atoms with Crippen LogP contribution in [0.1, 0.15) is 26.7 Å². The Labute approximate surface area is 96.4 Å². The van der Waals surface area contributed by atoms with Crippen LogP contribution in [-0.4, -0.2) is 42.4 Å². The second-order valence-corrected chi connectivity index (χ2v) is 4.73. The van der Waals surface area contributed by atoms with Crippen molar-refractivity contribution in [2.45, 2.75) is 32.7 Å². The van der Waals surface area contributed by atoms with Crippen LogP contribution >= 0.6 is 0 Å². The molecule has 0 aromatic rings. The fourth-order valence-electron chi connectivity index (χ4n) is 1.98. The zero-order valence-corrected chi connectivity index (χ0v) is 10.0. The van der Waals surface area contributed by atoms with Crippen LogP contribution in [0.2, 0.25) is 0 Å². The van der Waals surface area contributed by atoms with E-state index in [2.05, 4.69) is 5.32 Å². The fraction of sp³-hybridized carbons (Fsp3) is 0.818. The molecule has 0 aromatic carbocycles. The summed E-state index contributed by atoms with van der Waals surface area (Å²) >= 11 is 0. The molecular weight excluding hydrogens is 206 g/mol. The third-order valence-corrected chi connectivity index (χ3v) is 2.60. The summed E-state index contributed by atoms with van der Waals surface area (Å²) in [6.07, 6.45) is 1.87. The number of amides is 2. The molecule has 3 N–H and O–H groups in total. The summed E-state index contributed by atoms with van der Waals surface area (Å²) in [7, 11) is 0. The van der Waals surface area contributed by atoms with Gasteiger partial charge in [0.2, 0.25) is 11.8 Å². The number of nitrogens with one attached hydrogen (secondary N) is 1. The van der Waals surface area contributed by atoms with Gasteiger partial charge in [0.1, 0.15) is 0 Å². The average Bonchev–Trinajstić information content (AvgIpc) is 2.66. The van der Waals surface area contributed by atoms with E-state index in [1.54, 1.807) is 4.90 Å². The van der Waals surface area contributed by atoms with Crippen molar-refractivity contribution in [3.63, 3.8) is 0 Å². The van der Waals surface area contributed by atoms with E-state index in [0.717, 1.165) is 19.4 Å². The van der Waals surface area contributed by atoms with Crippen LogP contribution in [0.4, 0.5) is 0 Å². The summed E-state index contributed by atoms with van der Waals surface area (Å²) in [4.78, 5) is 24.6. The molecule has 0 aromatic heterocycles. The molecule has 1 saturated heterocycles. The number of rotatable bonds is 5. The molecule has 2 amide bonds. The highest BCUT2D eigenvalue weighted by atomic mass is 16.2. The molecule has 0 bridgehead atoms. The minimum Gasteiger partial charge on any atom is -0.368 e. The van der Waals surface area contributed by atoms with E-state index in [4.69, 9.17) is 5.73 Å². The van der Waals surface area contributed by atoms with Crippen molar-refractivity contribution < 1.29 is 9.59 Å². The Morgan fingerprint density at radius 2 is 2.19 bits per heavy atom. The maximum Gasteiger partial charge on any atom is 0.240 e. The van der Waals surface area contributed by atoms with Gasteiger partial charge in [-0.25, -0.2) is 0 Å². The lowest BCUT2D eigenvalue weighted by molar-refractivity contribution is -0.137. The lowest BCUT2D eigenvalue weighted by Gasteiger charge is -2.26. The van der Waals surface area contributed by atoms with Gasteiger partial charge in [0.05, 0.1) is 12.6 Å². The summed E-state index contributed by atoms with van der Waals surface area (Å²) < 4.78 is 0. The predicted octanol–water partition coefficient (Wildman–Crippen LogP) is -0.292. The number of nitrogens with zero attached hydrogens (tertiary/aromatic N) is 1. The largest absolute Gasteiger partial charge is 0.368 e. The normalized spacial score (nSPS) is 20.1. The molecular formula is C11H21N3O2. The van der Waals surface area contributed by atoms with Crippen molar-refractivity contribution in [1.29, 1.82) is 0 Å². The molecule has 0 unspecified atom stereocenters. The van der Waals surface area contributed by atoms with Crippen LogP contribution in [0, 0.1) is 5.92 Å². The van der Waals surface area contributed by atoms with E-state index < -0.39 is 5.91 Å². The zero-order chi connectivity index (χ0) is 12.1. The molecule has 1 fully saturated rings. The zero-order valence-electron chi connectivity index (χ0n) is 10.0. The second kappa shape index (κ2) is 5.84. The summed E-state index contributed by atoms with van der Waals surface area (Å²) in [6.45, 7) is 5.52. The predicted molar refractivity (Wildman–Crippen MR) is 61.6 cm³/mol. The van der Waals surface area contributed by atoms with Crippen molar-refractivity contribution in [2.24, 2.45) is 11.7 Å². The summed E-state index contributed by atoms with van der Waals surface area (Å²) in [5.41, 5.74) is 5.15. The Kier molecular flexibility index (Phi) is 4.73. The first-order valence-electron chi connectivity index (χ1n) is 5.81. The topological polar surface area (TPSA) is 75.4 Å². The highest BCUT2D eigenvalue weighted by molar-refractivity contribution is 5.87. The Balaban J connectivity index is 2.58. The van der Waals surface area contributed by atoms with Crippen LogP contribution in [0.15, 0.2) is 0 Å². The van der Waals surface area contributed by atoms with Gasteiger partial charge < -0.3 is 16.0 Å². The van der Waals surface area contributed by atoms with Gasteiger partial charge in [-0.2, -0.15) is 0 Å². The van der Waals surface area contributed by atoms with E-state index in [9.17, 15) is 9.59 Å². The molecule has 1 aliphatic rings. The molecule has 1 atom stereocenters. The second-order valence-electron chi connectivity index (χ2n) is 4.73. The first-order chi connectivity index (χ1) is 7.50. The summed E-state index contributed by atoms with van der Waals surface area (Å²) in [5.74, 6) is -0.110. The lowest BCUT2D eigenvalue weighted by atomic mass is 10.1. The van der Waals surface area contributed by atoms with Crippen molar-refractivity contribution in [2.75, 3.05) is 19.6 Å². The van der Waals surface area contributed by atoms with E-state index in [1.165, 1.54) is 0 Å². The van der Waals surface area contributed by atoms with Crippen molar-refractivity contribution in [3.05, 3.63) is 0 Å². The van der Waals surface area contributed by atoms with E-state index >= 15 is 0 Å². The minimum absolute atomic E-state index is 0.00463. The number of hydrogen-bond donors (Lipinski definition) is 2. The Hall–Kier alpha value is -1.10. The van der Waals surface area contributed by atoms with E-state index in [-0.39, 0.29) is 18.5 Å². The van der Waals surface area contributed by atoms with Gasteiger partial charge in [0.25, 0.3) is 0 Å². The number of carbonyl (C=O) groups excluding carboxylic acids is 2. The number of primary amides is 1. The Morgan fingerprint density at radius 3 is 2.62 bits per heavy atom. The molecule has 0 spiro atoms. The van der Waals surface area contributed by atoms with Gasteiger partial charge in [0.15, 0.2) is 0 Å². The van der Waals surface area contributed by atoms with Crippen LogP contribution in [0.25, 0.3) is 0 Å². The number of nitrogens with two attached hydrogens (primary N) is 1. The molecule has 5 nitrogen and oxygen atoms in total. The molecule has 1 rings (SSSR count). The molecule has 0 saturated carbocycles. The maximum atomic E-state index is 12.1. The number of hydrogen-bond acceptors (Lipinski definition) is 3. The van der Waals surface area contributed by atoms with Gasteiger partial charge in [-0.1, -0.05) is 13.8 Å². The molecule has 16 heavy (non-hydrogen) atoms. The first-order valence-corrected chi connectivity index (χ1v) is 5.81. The Bertz CT molecular complexity index is 260. The van der Waals surface area contributed by atoms with Crippen LogP contribution in [-0.2, 0) is 9.59 Å². The highest BCUT2D eigenvalue weighted by Crippen LogP contribution is 2.10. The minimum atomic E-state index is -0.452. The van der Waals surface area contributed by atoms with Crippen molar-refractivity contribution in [1.82, 2.24) is 10.2 Å². The molecule has 5 heteroatoms. The Morgan fingerprint density at radius 1 is 1.50 bits per heavy atom. The molecule has 1 heterocycles. The average molecular weight is 227 g/mol. The van der Waals surface area contributed by atoms with E-state index in [1.807, 2.05) is 13.8 Å². The van der Waals surface area contributed by atoms with Gasteiger partial charge in [-0.15, -0.1) is 0 Å². The highest BCUT2D eigenvalue weighted by Gasteiger charge is 2.27. The standard InChI is InChI=1S/C11H21N3O2/c1-8(2)6-14(7-10(12)15)11(16)9-4-3-5-13-9/h8-9,13H,3-7H2,1-2H3,(H2,12,15)/t9-/m1/s1. The smallest absolute Gasteiger partial charge is 0.240 e. The van der Waals surface area contributed by atoms with Gasteiger partial charge in [-0.05, 0) is 25.3 Å². The first kappa shape index (κ1) is 13.0. The SMILES string of the molecule is CC(C)CN(CC(N)=O)C(=O)[C@H]1CCCN1. The monoisotopic (exact) mass is 227 g/mol. The van der Waals surface area contributed by atoms with Gasteiger partial charge in [0, 0.05) is 6.54 Å². The van der Waals surface area contributed by atoms with Crippen LogP contribution in [0.3, 0.4) is 0 Å². The number of carbonyl (C=O) groups is 2. The van der Waals surface area contributed by atoms with Crippen molar-refractivity contribution >= 4 is 11.8 Å². The fourth-order valence-corrected chi connectivity index (χ4v) is 1.98. The molecule has 0 aliphatic carbocycles. The van der Waals surface area contributed by atoms with Crippen molar-refractivity contribution in [3.8, 4) is 0 Å².